The Hall–Kier alpha value is -1.32. The van der Waals surface area contributed by atoms with Crippen LogP contribution in [0.4, 0.5) is 0 Å². The standard InChI is InChI=1S/C20H29N3O/c1-22-11-16(10-21-22)4-13-2-3-23(12-13)20(24)19-17-6-14-5-15(8-17)9-18(19)7-14/h10-11,13-15,17-19H,2-9,12H2,1H3. The van der Waals surface area contributed by atoms with E-state index in [0.717, 1.165) is 37.8 Å². The van der Waals surface area contributed by atoms with Crippen molar-refractivity contribution >= 4 is 5.91 Å². The Kier molecular flexibility index (Phi) is 3.50. The highest BCUT2D eigenvalue weighted by Crippen LogP contribution is 2.57. The molecule has 1 amide bonds. The molecular weight excluding hydrogens is 298 g/mol. The topological polar surface area (TPSA) is 38.1 Å². The number of nitrogens with zero attached hydrogens (tertiary/aromatic N) is 3. The summed E-state index contributed by atoms with van der Waals surface area (Å²) in [5, 5.41) is 4.27. The third kappa shape index (κ3) is 2.49. The lowest BCUT2D eigenvalue weighted by molar-refractivity contribution is -0.148. The van der Waals surface area contributed by atoms with E-state index in [4.69, 9.17) is 0 Å². The zero-order chi connectivity index (χ0) is 16.3. The van der Waals surface area contributed by atoms with E-state index in [1.54, 1.807) is 0 Å². The van der Waals surface area contributed by atoms with E-state index in [0.29, 0.717) is 29.6 Å². The summed E-state index contributed by atoms with van der Waals surface area (Å²) in [6.45, 7) is 1.95. The highest BCUT2D eigenvalue weighted by atomic mass is 16.2. The van der Waals surface area contributed by atoms with Gasteiger partial charge in [0.25, 0.3) is 0 Å². The van der Waals surface area contributed by atoms with E-state index >= 15 is 0 Å². The monoisotopic (exact) mass is 327 g/mol. The second-order valence-corrected chi connectivity index (χ2v) is 9.12. The van der Waals surface area contributed by atoms with E-state index in [-0.39, 0.29) is 0 Å². The van der Waals surface area contributed by atoms with Crippen molar-refractivity contribution in [3.8, 4) is 0 Å². The number of rotatable bonds is 3. The molecule has 1 aliphatic heterocycles. The van der Waals surface area contributed by atoms with Gasteiger partial charge in [0.15, 0.2) is 0 Å². The van der Waals surface area contributed by atoms with Crippen LogP contribution in [-0.2, 0) is 18.3 Å². The molecule has 5 aliphatic rings. The van der Waals surface area contributed by atoms with Gasteiger partial charge < -0.3 is 4.90 Å². The molecule has 4 heteroatoms. The van der Waals surface area contributed by atoms with Crippen molar-refractivity contribution in [1.29, 1.82) is 0 Å². The smallest absolute Gasteiger partial charge is 0.226 e. The van der Waals surface area contributed by atoms with Crippen molar-refractivity contribution in [3.63, 3.8) is 0 Å². The molecule has 4 aliphatic carbocycles. The Morgan fingerprint density at radius 3 is 2.50 bits per heavy atom. The van der Waals surface area contributed by atoms with E-state index in [9.17, 15) is 4.79 Å². The predicted molar refractivity (Wildman–Crippen MR) is 92.1 cm³/mol. The number of aromatic nitrogens is 2. The van der Waals surface area contributed by atoms with Crippen LogP contribution in [0.3, 0.4) is 0 Å². The molecule has 4 saturated carbocycles. The van der Waals surface area contributed by atoms with Crippen molar-refractivity contribution in [2.75, 3.05) is 13.1 Å². The molecule has 0 N–H and O–H groups in total. The van der Waals surface area contributed by atoms with Crippen LogP contribution in [0.2, 0.25) is 0 Å². The summed E-state index contributed by atoms with van der Waals surface area (Å²) >= 11 is 0. The van der Waals surface area contributed by atoms with Gasteiger partial charge in [0.2, 0.25) is 5.91 Å². The molecule has 1 unspecified atom stereocenters. The fourth-order valence-electron chi connectivity index (χ4n) is 6.65. The molecule has 1 atom stereocenters. The van der Waals surface area contributed by atoms with Gasteiger partial charge in [0.05, 0.1) is 6.20 Å². The van der Waals surface area contributed by atoms with Gasteiger partial charge in [-0.1, -0.05) is 0 Å². The number of carbonyl (C=O) groups is 1. The minimum Gasteiger partial charge on any atom is -0.342 e. The Bertz CT molecular complexity index is 609. The second-order valence-electron chi connectivity index (χ2n) is 9.12. The maximum Gasteiger partial charge on any atom is 0.226 e. The fraction of sp³-hybridized carbons (Fsp3) is 0.800. The minimum absolute atomic E-state index is 0.370. The van der Waals surface area contributed by atoms with E-state index in [2.05, 4.69) is 16.2 Å². The van der Waals surface area contributed by atoms with Gasteiger partial charge in [-0.25, -0.2) is 0 Å². The van der Waals surface area contributed by atoms with Gasteiger partial charge in [-0.3, -0.25) is 9.48 Å². The molecule has 24 heavy (non-hydrogen) atoms. The Morgan fingerprint density at radius 1 is 1.17 bits per heavy atom. The first-order valence-corrected chi connectivity index (χ1v) is 9.92. The molecule has 1 aromatic rings. The Balaban J connectivity index is 1.24. The van der Waals surface area contributed by atoms with E-state index < -0.39 is 0 Å². The average molecular weight is 327 g/mol. The van der Waals surface area contributed by atoms with Crippen molar-refractivity contribution in [2.24, 2.45) is 42.6 Å². The lowest BCUT2D eigenvalue weighted by Gasteiger charge is -2.54. The molecule has 5 fully saturated rings. The zero-order valence-electron chi connectivity index (χ0n) is 14.7. The number of carbonyl (C=O) groups excluding carboxylic acids is 1. The first kappa shape index (κ1) is 15.0. The molecule has 0 spiro atoms. The van der Waals surface area contributed by atoms with Crippen LogP contribution >= 0.6 is 0 Å². The van der Waals surface area contributed by atoms with Gasteiger partial charge in [0.1, 0.15) is 0 Å². The first-order valence-electron chi connectivity index (χ1n) is 9.92. The highest BCUT2D eigenvalue weighted by molar-refractivity contribution is 5.80. The lowest BCUT2D eigenvalue weighted by atomic mass is 9.51. The van der Waals surface area contributed by atoms with Crippen LogP contribution in [0.5, 0.6) is 0 Å². The van der Waals surface area contributed by atoms with Gasteiger partial charge in [-0.15, -0.1) is 0 Å². The van der Waals surface area contributed by atoms with Crippen LogP contribution in [0.1, 0.15) is 44.1 Å². The van der Waals surface area contributed by atoms with Crippen molar-refractivity contribution in [2.45, 2.75) is 44.9 Å². The molecule has 1 aromatic heterocycles. The Morgan fingerprint density at radius 2 is 1.88 bits per heavy atom. The normalized spacial score (nSPS) is 40.5. The molecule has 130 valence electrons. The van der Waals surface area contributed by atoms with Gasteiger partial charge in [-0.2, -0.15) is 5.10 Å². The number of aryl methyl sites for hydroxylation is 1. The third-order valence-corrected chi connectivity index (χ3v) is 7.39. The van der Waals surface area contributed by atoms with E-state index in [1.807, 2.05) is 17.9 Å². The van der Waals surface area contributed by atoms with Crippen LogP contribution in [0.25, 0.3) is 0 Å². The molecule has 4 nitrogen and oxygen atoms in total. The summed E-state index contributed by atoms with van der Waals surface area (Å²) in [6, 6.07) is 0. The highest BCUT2D eigenvalue weighted by Gasteiger charge is 2.51. The van der Waals surface area contributed by atoms with Gasteiger partial charge in [0, 0.05) is 32.3 Å². The first-order chi connectivity index (χ1) is 11.7. The molecule has 2 heterocycles. The summed E-state index contributed by atoms with van der Waals surface area (Å²) in [5.74, 6) is 4.83. The number of likely N-dealkylation sites (tertiary alicyclic amines) is 1. The summed E-state index contributed by atoms with van der Waals surface area (Å²) in [6.07, 6.45) is 13.2. The summed E-state index contributed by atoms with van der Waals surface area (Å²) in [5.41, 5.74) is 1.31. The van der Waals surface area contributed by atoms with Gasteiger partial charge in [-0.05, 0) is 80.1 Å². The molecule has 6 rings (SSSR count). The average Bonchev–Trinajstić information content (AvgIpc) is 3.16. The van der Waals surface area contributed by atoms with Gasteiger partial charge >= 0.3 is 0 Å². The molecular formula is C20H29N3O. The Labute approximate surface area is 144 Å². The van der Waals surface area contributed by atoms with Crippen molar-refractivity contribution in [1.82, 2.24) is 14.7 Å². The lowest BCUT2D eigenvalue weighted by Crippen LogP contribution is -2.51. The van der Waals surface area contributed by atoms with Crippen LogP contribution < -0.4 is 0 Å². The summed E-state index contributed by atoms with van der Waals surface area (Å²) < 4.78 is 1.88. The molecule has 1 saturated heterocycles. The van der Waals surface area contributed by atoms with Crippen molar-refractivity contribution in [3.05, 3.63) is 18.0 Å². The number of hydrogen-bond donors (Lipinski definition) is 0. The zero-order valence-corrected chi connectivity index (χ0v) is 14.7. The van der Waals surface area contributed by atoms with Crippen LogP contribution in [-0.4, -0.2) is 33.7 Å². The van der Waals surface area contributed by atoms with Crippen LogP contribution in [0, 0.1) is 35.5 Å². The maximum absolute atomic E-state index is 13.2. The summed E-state index contributed by atoms with van der Waals surface area (Å²) in [7, 11) is 1.97. The number of amides is 1. The molecule has 0 radical (unpaired) electrons. The predicted octanol–water partition coefficient (Wildman–Crippen LogP) is 2.88. The molecule has 0 aromatic carbocycles. The summed E-state index contributed by atoms with van der Waals surface area (Å²) in [4.78, 5) is 15.5. The van der Waals surface area contributed by atoms with E-state index in [1.165, 1.54) is 37.7 Å². The third-order valence-electron chi connectivity index (χ3n) is 7.39. The maximum atomic E-state index is 13.2. The quantitative estimate of drug-likeness (QED) is 0.856. The van der Waals surface area contributed by atoms with Crippen molar-refractivity contribution < 1.29 is 4.79 Å². The number of hydrogen-bond acceptors (Lipinski definition) is 2. The minimum atomic E-state index is 0.370. The largest absolute Gasteiger partial charge is 0.342 e. The molecule has 4 bridgehead atoms. The SMILES string of the molecule is Cn1cc(CC2CCN(C(=O)C3C4CC5CC(C4)CC3C5)C2)cn1. The van der Waals surface area contributed by atoms with Crippen LogP contribution in [0.15, 0.2) is 12.4 Å². The second kappa shape index (κ2) is 5.60. The fourth-order valence-corrected chi connectivity index (χ4v) is 6.65.